The minimum absolute atomic E-state index is 0.174. The van der Waals surface area contributed by atoms with E-state index in [4.69, 9.17) is 4.74 Å². The van der Waals surface area contributed by atoms with Gasteiger partial charge < -0.3 is 15.0 Å². The predicted octanol–water partition coefficient (Wildman–Crippen LogP) is 1.77. The summed E-state index contributed by atoms with van der Waals surface area (Å²) in [7, 11) is 0. The molecule has 8 heteroatoms. The van der Waals surface area contributed by atoms with E-state index < -0.39 is 6.04 Å². The highest BCUT2D eigenvalue weighted by Crippen LogP contribution is 2.26. The molecule has 2 aliphatic heterocycles. The normalized spacial score (nSPS) is 20.4. The Hall–Kier alpha value is -3.00. The molecule has 1 aromatic carbocycles. The van der Waals surface area contributed by atoms with Crippen molar-refractivity contribution in [3.63, 3.8) is 0 Å². The molecular formula is C21H25N5O3. The third-order valence-electron chi connectivity index (χ3n) is 5.32. The van der Waals surface area contributed by atoms with Gasteiger partial charge in [-0.15, -0.1) is 0 Å². The Kier molecular flexibility index (Phi) is 5.71. The summed E-state index contributed by atoms with van der Waals surface area (Å²) in [6.07, 6.45) is 5.42. The predicted molar refractivity (Wildman–Crippen MR) is 109 cm³/mol. The van der Waals surface area contributed by atoms with E-state index in [1.54, 1.807) is 42.7 Å². The van der Waals surface area contributed by atoms with Crippen molar-refractivity contribution in [1.29, 1.82) is 0 Å². The summed E-state index contributed by atoms with van der Waals surface area (Å²) in [5.41, 5.74) is 0.587. The maximum absolute atomic E-state index is 12.9. The number of carbonyl (C=O) groups is 2. The summed E-state index contributed by atoms with van der Waals surface area (Å²) in [5.74, 6) is 1.10. The number of ether oxygens (including phenoxy) is 1. The van der Waals surface area contributed by atoms with Crippen LogP contribution in [0.25, 0.3) is 0 Å². The highest BCUT2D eigenvalue weighted by atomic mass is 16.5. The maximum Gasteiger partial charge on any atom is 0.251 e. The smallest absolute Gasteiger partial charge is 0.251 e. The summed E-state index contributed by atoms with van der Waals surface area (Å²) in [5, 5.41) is 3.40. The Bertz CT molecular complexity index is 850. The molecule has 29 heavy (non-hydrogen) atoms. The molecule has 0 radical (unpaired) electrons. The zero-order chi connectivity index (χ0) is 20.2. The average molecular weight is 395 g/mol. The summed E-state index contributed by atoms with van der Waals surface area (Å²) in [4.78, 5) is 37.4. The molecule has 152 valence electrons. The lowest BCUT2D eigenvalue weighted by Gasteiger charge is -2.33. The SMILES string of the molecule is CCOc1ccc(N2C(=O)C[C@H](NC3CCN(c4ncccn4)CC3)C2=O)cc1. The minimum Gasteiger partial charge on any atom is -0.494 e. The lowest BCUT2D eigenvalue weighted by Crippen LogP contribution is -2.49. The van der Waals surface area contributed by atoms with Crippen LogP contribution < -0.4 is 19.9 Å². The number of imide groups is 1. The van der Waals surface area contributed by atoms with Gasteiger partial charge in [-0.05, 0) is 50.1 Å². The van der Waals surface area contributed by atoms with Gasteiger partial charge in [0.15, 0.2) is 0 Å². The highest BCUT2D eigenvalue weighted by Gasteiger charge is 2.40. The Balaban J connectivity index is 1.35. The number of hydrogen-bond acceptors (Lipinski definition) is 7. The number of piperidine rings is 1. The molecule has 2 saturated heterocycles. The van der Waals surface area contributed by atoms with Gasteiger partial charge in [0.2, 0.25) is 11.9 Å². The number of carbonyl (C=O) groups excluding carboxylic acids is 2. The fraction of sp³-hybridized carbons (Fsp3) is 0.429. The van der Waals surface area contributed by atoms with Gasteiger partial charge in [0.1, 0.15) is 5.75 Å². The van der Waals surface area contributed by atoms with Crippen molar-refractivity contribution in [2.45, 2.75) is 38.3 Å². The summed E-state index contributed by atoms with van der Waals surface area (Å²) >= 11 is 0. The largest absolute Gasteiger partial charge is 0.494 e. The third-order valence-corrected chi connectivity index (χ3v) is 5.32. The molecule has 0 saturated carbocycles. The van der Waals surface area contributed by atoms with Crippen LogP contribution in [0.15, 0.2) is 42.7 Å². The van der Waals surface area contributed by atoms with Crippen LogP contribution in [0, 0.1) is 0 Å². The van der Waals surface area contributed by atoms with Crippen molar-refractivity contribution in [2.75, 3.05) is 29.5 Å². The van der Waals surface area contributed by atoms with Crippen LogP contribution in [-0.2, 0) is 9.59 Å². The van der Waals surface area contributed by atoms with Crippen LogP contribution in [0.3, 0.4) is 0 Å². The fourth-order valence-corrected chi connectivity index (χ4v) is 3.88. The van der Waals surface area contributed by atoms with Crippen LogP contribution in [0.4, 0.5) is 11.6 Å². The van der Waals surface area contributed by atoms with Crippen LogP contribution in [0.2, 0.25) is 0 Å². The summed E-state index contributed by atoms with van der Waals surface area (Å²) in [6, 6.07) is 8.58. The maximum atomic E-state index is 12.9. The molecule has 2 amide bonds. The lowest BCUT2D eigenvalue weighted by molar-refractivity contribution is -0.121. The second-order valence-electron chi connectivity index (χ2n) is 7.23. The van der Waals surface area contributed by atoms with E-state index in [0.717, 1.165) is 37.6 Å². The van der Waals surface area contributed by atoms with Gasteiger partial charge in [-0.1, -0.05) is 0 Å². The van der Waals surface area contributed by atoms with E-state index in [0.29, 0.717) is 12.3 Å². The van der Waals surface area contributed by atoms with E-state index >= 15 is 0 Å². The van der Waals surface area contributed by atoms with Crippen molar-refractivity contribution in [3.05, 3.63) is 42.7 Å². The van der Waals surface area contributed by atoms with Gasteiger partial charge in [-0.3, -0.25) is 9.59 Å². The Morgan fingerprint density at radius 1 is 1.10 bits per heavy atom. The first-order valence-electron chi connectivity index (χ1n) is 10.0. The zero-order valence-corrected chi connectivity index (χ0v) is 16.5. The molecule has 0 bridgehead atoms. The average Bonchev–Trinajstić information content (AvgIpc) is 3.03. The second-order valence-corrected chi connectivity index (χ2v) is 7.23. The monoisotopic (exact) mass is 395 g/mol. The zero-order valence-electron chi connectivity index (χ0n) is 16.5. The van der Waals surface area contributed by atoms with Crippen molar-refractivity contribution >= 4 is 23.5 Å². The number of benzene rings is 1. The first-order valence-corrected chi connectivity index (χ1v) is 10.0. The molecule has 2 aliphatic rings. The Morgan fingerprint density at radius 3 is 2.45 bits per heavy atom. The van der Waals surface area contributed by atoms with Crippen molar-refractivity contribution in [3.8, 4) is 5.75 Å². The first-order chi connectivity index (χ1) is 14.2. The quantitative estimate of drug-likeness (QED) is 0.746. The molecule has 1 aromatic heterocycles. The van der Waals surface area contributed by atoms with E-state index in [9.17, 15) is 9.59 Å². The number of nitrogens with zero attached hydrogens (tertiary/aromatic N) is 4. The fourth-order valence-electron chi connectivity index (χ4n) is 3.88. The number of hydrogen-bond donors (Lipinski definition) is 1. The van der Waals surface area contributed by atoms with Crippen molar-refractivity contribution in [1.82, 2.24) is 15.3 Å². The van der Waals surface area contributed by atoms with Gasteiger partial charge in [0, 0.05) is 31.5 Å². The first kappa shape index (κ1) is 19.3. The molecular weight excluding hydrogens is 370 g/mol. The molecule has 0 spiro atoms. The van der Waals surface area contributed by atoms with Crippen LogP contribution in [-0.4, -0.2) is 53.6 Å². The number of aromatic nitrogens is 2. The summed E-state index contributed by atoms with van der Waals surface area (Å²) < 4.78 is 5.43. The molecule has 3 heterocycles. The number of amides is 2. The van der Waals surface area contributed by atoms with Crippen LogP contribution >= 0.6 is 0 Å². The molecule has 0 unspecified atom stereocenters. The highest BCUT2D eigenvalue weighted by molar-refractivity contribution is 6.22. The van der Waals surface area contributed by atoms with Gasteiger partial charge in [-0.2, -0.15) is 0 Å². The van der Waals surface area contributed by atoms with E-state index in [-0.39, 0.29) is 24.3 Å². The van der Waals surface area contributed by atoms with Crippen molar-refractivity contribution < 1.29 is 14.3 Å². The number of anilines is 2. The molecule has 1 atom stereocenters. The van der Waals surface area contributed by atoms with Gasteiger partial charge >= 0.3 is 0 Å². The van der Waals surface area contributed by atoms with Gasteiger partial charge in [0.25, 0.3) is 5.91 Å². The molecule has 0 aliphatic carbocycles. The summed E-state index contributed by atoms with van der Waals surface area (Å²) in [6.45, 7) is 4.12. The molecule has 2 fully saturated rings. The number of rotatable bonds is 6. The van der Waals surface area contributed by atoms with E-state index in [1.165, 1.54) is 4.90 Å². The van der Waals surface area contributed by atoms with Gasteiger partial charge in [-0.25, -0.2) is 14.9 Å². The second kappa shape index (κ2) is 8.57. The molecule has 1 N–H and O–H groups in total. The van der Waals surface area contributed by atoms with Crippen LogP contribution in [0.5, 0.6) is 5.75 Å². The molecule has 8 nitrogen and oxygen atoms in total. The lowest BCUT2D eigenvalue weighted by atomic mass is 10.0. The Morgan fingerprint density at radius 2 is 1.79 bits per heavy atom. The number of nitrogens with one attached hydrogen (secondary N) is 1. The Labute approximate surface area is 169 Å². The van der Waals surface area contributed by atoms with Crippen molar-refractivity contribution in [2.24, 2.45) is 0 Å². The standard InChI is InChI=1S/C21H25N5O3/c1-2-29-17-6-4-16(5-7-17)26-19(27)14-18(20(26)28)24-15-8-12-25(13-9-15)21-22-10-3-11-23-21/h3-7,10-11,15,18,24H,2,8-9,12-14H2,1H3/t18-/m0/s1. The topological polar surface area (TPSA) is 87.7 Å². The molecule has 4 rings (SSSR count). The minimum atomic E-state index is -0.474. The van der Waals surface area contributed by atoms with Gasteiger partial charge in [0.05, 0.1) is 24.8 Å². The molecule has 2 aromatic rings. The third kappa shape index (κ3) is 4.22. The van der Waals surface area contributed by atoms with Crippen LogP contribution in [0.1, 0.15) is 26.2 Å². The van der Waals surface area contributed by atoms with E-state index in [1.807, 2.05) is 6.92 Å². The van der Waals surface area contributed by atoms with E-state index in [2.05, 4.69) is 20.2 Å².